The minimum Gasteiger partial charge on any atom is -0.387 e. The van der Waals surface area contributed by atoms with Gasteiger partial charge in [0.2, 0.25) is 0 Å². The molecule has 1 unspecified atom stereocenters. The van der Waals surface area contributed by atoms with Gasteiger partial charge in [-0.15, -0.1) is 0 Å². The molecule has 0 fully saturated rings. The maximum absolute atomic E-state index is 13.6. The highest BCUT2D eigenvalue weighted by molar-refractivity contribution is 6.30. The predicted octanol–water partition coefficient (Wildman–Crippen LogP) is 3.38. The fourth-order valence-corrected chi connectivity index (χ4v) is 1.99. The summed E-state index contributed by atoms with van der Waals surface area (Å²) in [5, 5.41) is 10.1. The third-order valence-corrected chi connectivity index (χ3v) is 2.88. The van der Waals surface area contributed by atoms with Crippen molar-refractivity contribution < 1.29 is 9.50 Å². The van der Waals surface area contributed by atoms with E-state index in [0.29, 0.717) is 17.1 Å². The van der Waals surface area contributed by atoms with Gasteiger partial charge >= 0.3 is 0 Å². The van der Waals surface area contributed by atoms with E-state index in [2.05, 4.69) is 0 Å². The van der Waals surface area contributed by atoms with Gasteiger partial charge < -0.3 is 9.67 Å². The van der Waals surface area contributed by atoms with Crippen LogP contribution in [0, 0.1) is 5.82 Å². The summed E-state index contributed by atoms with van der Waals surface area (Å²) in [5.74, 6) is -0.292. The van der Waals surface area contributed by atoms with Crippen LogP contribution in [0.1, 0.15) is 24.3 Å². The smallest absolute Gasteiger partial charge is 0.128 e. The Balaban J connectivity index is 2.31. The van der Waals surface area contributed by atoms with Gasteiger partial charge in [-0.3, -0.25) is 0 Å². The van der Waals surface area contributed by atoms with Crippen LogP contribution in [0.15, 0.2) is 36.5 Å². The maximum Gasteiger partial charge on any atom is 0.128 e. The number of aromatic nitrogens is 1. The summed E-state index contributed by atoms with van der Waals surface area (Å²) in [6.07, 6.45) is 1.23. The van der Waals surface area contributed by atoms with Gasteiger partial charge in [-0.05, 0) is 37.3 Å². The van der Waals surface area contributed by atoms with E-state index in [0.717, 1.165) is 5.69 Å². The molecule has 0 aliphatic carbocycles. The van der Waals surface area contributed by atoms with Crippen molar-refractivity contribution in [3.63, 3.8) is 0 Å². The van der Waals surface area contributed by atoms with E-state index in [9.17, 15) is 9.50 Å². The van der Waals surface area contributed by atoms with Gasteiger partial charge in [0.15, 0.2) is 0 Å². The van der Waals surface area contributed by atoms with Crippen molar-refractivity contribution in [3.05, 3.63) is 58.6 Å². The fraction of sp³-hybridized carbons (Fsp3) is 0.231. The monoisotopic (exact) mass is 253 g/mol. The van der Waals surface area contributed by atoms with Gasteiger partial charge in [-0.25, -0.2) is 4.39 Å². The Kier molecular flexibility index (Phi) is 3.50. The summed E-state index contributed by atoms with van der Waals surface area (Å²) in [5.41, 5.74) is 1.26. The van der Waals surface area contributed by atoms with Gasteiger partial charge in [0.05, 0.1) is 12.6 Å². The van der Waals surface area contributed by atoms with Gasteiger partial charge in [-0.2, -0.15) is 0 Å². The summed E-state index contributed by atoms with van der Waals surface area (Å²) in [4.78, 5) is 0. The van der Waals surface area contributed by atoms with Crippen LogP contribution in [0.3, 0.4) is 0 Å². The molecule has 0 saturated carbocycles. The van der Waals surface area contributed by atoms with E-state index in [1.165, 1.54) is 12.1 Å². The second-order valence-corrected chi connectivity index (χ2v) is 4.41. The highest BCUT2D eigenvalue weighted by Gasteiger charge is 2.09. The molecular formula is C13H13ClFNO. The molecule has 0 aliphatic rings. The number of aliphatic hydroxyl groups excluding tert-OH is 1. The molecule has 0 saturated heterocycles. The molecule has 0 aliphatic heterocycles. The standard InChI is InChI=1S/C13H13ClFNO/c1-9(17)13-3-2-6-16(13)8-10-7-11(14)4-5-12(10)15/h2-7,9,17H,8H2,1H3. The molecule has 0 spiro atoms. The van der Waals surface area contributed by atoms with Crippen LogP contribution in [0.4, 0.5) is 4.39 Å². The van der Waals surface area contributed by atoms with Crippen LogP contribution < -0.4 is 0 Å². The quantitative estimate of drug-likeness (QED) is 0.891. The van der Waals surface area contributed by atoms with Crippen LogP contribution in [0.5, 0.6) is 0 Å². The van der Waals surface area contributed by atoms with Gasteiger partial charge in [0, 0.05) is 22.5 Å². The van der Waals surface area contributed by atoms with Crippen molar-refractivity contribution in [3.8, 4) is 0 Å². The van der Waals surface area contributed by atoms with Crippen molar-refractivity contribution in [1.29, 1.82) is 0 Å². The van der Waals surface area contributed by atoms with E-state index in [1.54, 1.807) is 17.6 Å². The summed E-state index contributed by atoms with van der Waals surface area (Å²) >= 11 is 5.83. The van der Waals surface area contributed by atoms with Gasteiger partial charge in [0.25, 0.3) is 0 Å². The first-order chi connectivity index (χ1) is 8.08. The Morgan fingerprint density at radius 2 is 2.18 bits per heavy atom. The number of hydrogen-bond donors (Lipinski definition) is 1. The molecule has 0 bridgehead atoms. The lowest BCUT2D eigenvalue weighted by Crippen LogP contribution is -2.07. The summed E-state index contributed by atoms with van der Waals surface area (Å²) in [7, 11) is 0. The molecule has 0 amide bonds. The topological polar surface area (TPSA) is 25.2 Å². The van der Waals surface area contributed by atoms with Gasteiger partial charge in [-0.1, -0.05) is 11.6 Å². The molecule has 1 atom stereocenters. The minimum atomic E-state index is -0.577. The molecule has 17 heavy (non-hydrogen) atoms. The maximum atomic E-state index is 13.6. The van der Waals surface area contributed by atoms with E-state index < -0.39 is 6.10 Å². The SMILES string of the molecule is CC(O)c1cccn1Cc1cc(Cl)ccc1F. The lowest BCUT2D eigenvalue weighted by molar-refractivity contribution is 0.189. The first-order valence-corrected chi connectivity index (χ1v) is 5.73. The van der Waals surface area contributed by atoms with Crippen molar-refractivity contribution >= 4 is 11.6 Å². The van der Waals surface area contributed by atoms with Crippen LogP contribution in [0.25, 0.3) is 0 Å². The van der Waals surface area contributed by atoms with Crippen molar-refractivity contribution in [1.82, 2.24) is 4.57 Å². The Bertz CT molecular complexity index is 522. The number of rotatable bonds is 3. The fourth-order valence-electron chi connectivity index (χ4n) is 1.80. The van der Waals surface area contributed by atoms with Crippen LogP contribution in [-0.4, -0.2) is 9.67 Å². The summed E-state index contributed by atoms with van der Waals surface area (Å²) in [6, 6.07) is 8.11. The molecule has 2 nitrogen and oxygen atoms in total. The third kappa shape index (κ3) is 2.68. The molecular weight excluding hydrogens is 241 g/mol. The second-order valence-electron chi connectivity index (χ2n) is 3.97. The molecule has 2 aromatic rings. The molecule has 0 radical (unpaired) electrons. The molecule has 1 aromatic heterocycles. The lowest BCUT2D eigenvalue weighted by Gasteiger charge is -2.12. The second kappa shape index (κ2) is 4.90. The van der Waals surface area contributed by atoms with Crippen molar-refractivity contribution in [2.45, 2.75) is 19.6 Å². The Morgan fingerprint density at radius 1 is 1.41 bits per heavy atom. The zero-order chi connectivity index (χ0) is 12.4. The number of nitrogens with zero attached hydrogens (tertiary/aromatic N) is 1. The number of halogens is 2. The Hall–Kier alpha value is -1.32. The van der Waals surface area contributed by atoms with Crippen LogP contribution >= 0.6 is 11.6 Å². The molecule has 4 heteroatoms. The number of benzene rings is 1. The van der Waals surface area contributed by atoms with E-state index in [-0.39, 0.29) is 5.82 Å². The van der Waals surface area contributed by atoms with E-state index >= 15 is 0 Å². The van der Waals surface area contributed by atoms with Crippen LogP contribution in [0.2, 0.25) is 5.02 Å². The largest absolute Gasteiger partial charge is 0.387 e. The van der Waals surface area contributed by atoms with Crippen LogP contribution in [-0.2, 0) is 6.54 Å². The normalized spacial score (nSPS) is 12.7. The highest BCUT2D eigenvalue weighted by Crippen LogP contribution is 2.19. The van der Waals surface area contributed by atoms with Crippen molar-refractivity contribution in [2.75, 3.05) is 0 Å². The zero-order valence-electron chi connectivity index (χ0n) is 9.40. The number of hydrogen-bond acceptors (Lipinski definition) is 1. The highest BCUT2D eigenvalue weighted by atomic mass is 35.5. The molecule has 1 N–H and O–H groups in total. The minimum absolute atomic E-state index is 0.292. The summed E-state index contributed by atoms with van der Waals surface area (Å²) in [6.45, 7) is 2.04. The lowest BCUT2D eigenvalue weighted by atomic mass is 10.2. The first-order valence-electron chi connectivity index (χ1n) is 5.35. The summed E-state index contributed by atoms with van der Waals surface area (Å²) < 4.78 is 15.4. The van der Waals surface area contributed by atoms with E-state index in [1.807, 2.05) is 18.3 Å². The molecule has 1 aromatic carbocycles. The average molecular weight is 254 g/mol. The van der Waals surface area contributed by atoms with Gasteiger partial charge in [0.1, 0.15) is 5.82 Å². The molecule has 2 rings (SSSR count). The van der Waals surface area contributed by atoms with E-state index in [4.69, 9.17) is 11.6 Å². The zero-order valence-corrected chi connectivity index (χ0v) is 10.2. The van der Waals surface area contributed by atoms with Crippen molar-refractivity contribution in [2.24, 2.45) is 0 Å². The Labute approximate surface area is 104 Å². The number of aliphatic hydroxyl groups is 1. The third-order valence-electron chi connectivity index (χ3n) is 2.64. The Morgan fingerprint density at radius 3 is 2.88 bits per heavy atom. The first kappa shape index (κ1) is 12.1. The average Bonchev–Trinajstić information content (AvgIpc) is 2.71. The molecule has 90 valence electrons. The molecule has 1 heterocycles. The predicted molar refractivity (Wildman–Crippen MR) is 65.6 cm³/mol.